The predicted octanol–water partition coefficient (Wildman–Crippen LogP) is 2.86. The number of halogens is 1. The van der Waals surface area contributed by atoms with Crippen LogP contribution in [0.3, 0.4) is 0 Å². The molecule has 2 aromatic heterocycles. The molecule has 0 spiro atoms. The highest BCUT2D eigenvalue weighted by molar-refractivity contribution is 9.10. The molecular weight excluding hydrogens is 378 g/mol. The second-order valence-electron chi connectivity index (χ2n) is 4.91. The lowest BCUT2D eigenvalue weighted by Crippen LogP contribution is -2.15. The SMILES string of the molecule is Cc1csc(NS(=O)(=O)c2cc(CNC3CC3)oc2Br)n1. The van der Waals surface area contributed by atoms with E-state index in [0.717, 1.165) is 18.5 Å². The Morgan fingerprint density at radius 1 is 1.52 bits per heavy atom. The topological polar surface area (TPSA) is 84.2 Å². The molecule has 0 bridgehead atoms. The lowest BCUT2D eigenvalue weighted by atomic mass is 10.4. The first-order valence-corrected chi connectivity index (χ1v) is 9.56. The number of hydrogen-bond donors (Lipinski definition) is 2. The second kappa shape index (κ2) is 5.71. The maximum atomic E-state index is 12.3. The van der Waals surface area contributed by atoms with Crippen LogP contribution >= 0.6 is 27.3 Å². The second-order valence-corrected chi connectivity index (χ2v) is 8.13. The van der Waals surface area contributed by atoms with Gasteiger partial charge in [-0.15, -0.1) is 11.3 Å². The number of sulfonamides is 1. The van der Waals surface area contributed by atoms with E-state index in [1.165, 1.54) is 17.4 Å². The first kappa shape index (κ1) is 15.0. The molecule has 21 heavy (non-hydrogen) atoms. The smallest absolute Gasteiger partial charge is 0.268 e. The van der Waals surface area contributed by atoms with Gasteiger partial charge in [-0.3, -0.25) is 4.72 Å². The van der Waals surface area contributed by atoms with Crippen molar-refractivity contribution in [1.82, 2.24) is 10.3 Å². The van der Waals surface area contributed by atoms with E-state index in [-0.39, 0.29) is 9.56 Å². The molecule has 0 saturated heterocycles. The zero-order chi connectivity index (χ0) is 15.0. The molecule has 3 rings (SSSR count). The van der Waals surface area contributed by atoms with Crippen LogP contribution in [-0.2, 0) is 16.6 Å². The summed E-state index contributed by atoms with van der Waals surface area (Å²) in [6.07, 6.45) is 2.33. The molecule has 1 saturated carbocycles. The van der Waals surface area contributed by atoms with Gasteiger partial charge in [-0.25, -0.2) is 13.4 Å². The molecule has 1 fully saturated rings. The zero-order valence-corrected chi connectivity index (χ0v) is 14.4. The Labute approximate surface area is 135 Å². The highest BCUT2D eigenvalue weighted by atomic mass is 79.9. The van der Waals surface area contributed by atoms with Crippen molar-refractivity contribution in [2.75, 3.05) is 4.72 Å². The van der Waals surface area contributed by atoms with Gasteiger partial charge in [0.1, 0.15) is 10.7 Å². The Bertz CT molecular complexity index is 750. The molecule has 114 valence electrons. The molecule has 0 radical (unpaired) electrons. The van der Waals surface area contributed by atoms with Crippen LogP contribution in [0.2, 0.25) is 0 Å². The third-order valence-electron chi connectivity index (χ3n) is 2.98. The molecule has 0 amide bonds. The number of furan rings is 1. The van der Waals surface area contributed by atoms with Crippen molar-refractivity contribution in [2.45, 2.75) is 37.2 Å². The molecule has 1 aliphatic carbocycles. The van der Waals surface area contributed by atoms with Gasteiger partial charge < -0.3 is 9.73 Å². The lowest BCUT2D eigenvalue weighted by molar-refractivity contribution is 0.460. The lowest BCUT2D eigenvalue weighted by Gasteiger charge is -2.02. The van der Waals surface area contributed by atoms with Gasteiger partial charge in [0.15, 0.2) is 9.80 Å². The summed E-state index contributed by atoms with van der Waals surface area (Å²) < 4.78 is 32.8. The number of nitrogens with one attached hydrogen (secondary N) is 2. The van der Waals surface area contributed by atoms with E-state index >= 15 is 0 Å². The van der Waals surface area contributed by atoms with E-state index in [1.54, 1.807) is 5.38 Å². The third kappa shape index (κ3) is 3.65. The first-order chi connectivity index (χ1) is 9.94. The van der Waals surface area contributed by atoms with Crippen LogP contribution in [0.1, 0.15) is 24.3 Å². The summed E-state index contributed by atoms with van der Waals surface area (Å²) in [4.78, 5) is 4.18. The maximum Gasteiger partial charge on any atom is 0.268 e. The monoisotopic (exact) mass is 391 g/mol. The van der Waals surface area contributed by atoms with Crippen LogP contribution in [0, 0.1) is 6.92 Å². The Morgan fingerprint density at radius 3 is 2.90 bits per heavy atom. The van der Waals surface area contributed by atoms with Gasteiger partial charge in [-0.05, 0) is 35.7 Å². The van der Waals surface area contributed by atoms with Crippen LogP contribution in [-0.4, -0.2) is 19.4 Å². The number of hydrogen-bond acceptors (Lipinski definition) is 6. The molecule has 2 N–H and O–H groups in total. The van der Waals surface area contributed by atoms with Crippen molar-refractivity contribution in [3.8, 4) is 0 Å². The predicted molar refractivity (Wildman–Crippen MR) is 83.9 cm³/mol. The van der Waals surface area contributed by atoms with E-state index < -0.39 is 10.0 Å². The minimum Gasteiger partial charge on any atom is -0.451 e. The Morgan fingerprint density at radius 2 is 2.29 bits per heavy atom. The van der Waals surface area contributed by atoms with E-state index in [4.69, 9.17) is 4.42 Å². The molecule has 0 atom stereocenters. The van der Waals surface area contributed by atoms with Gasteiger partial charge in [0.25, 0.3) is 10.0 Å². The number of rotatable bonds is 6. The van der Waals surface area contributed by atoms with Gasteiger partial charge in [-0.2, -0.15) is 0 Å². The summed E-state index contributed by atoms with van der Waals surface area (Å²) in [5.74, 6) is 0.587. The Balaban J connectivity index is 1.77. The fraction of sp³-hybridized carbons (Fsp3) is 0.417. The molecule has 1 aliphatic rings. The molecule has 6 nitrogen and oxygen atoms in total. The van der Waals surface area contributed by atoms with Gasteiger partial charge in [0.05, 0.1) is 12.2 Å². The summed E-state index contributed by atoms with van der Waals surface area (Å²) >= 11 is 4.41. The molecule has 9 heteroatoms. The van der Waals surface area contributed by atoms with Crippen molar-refractivity contribution in [3.63, 3.8) is 0 Å². The van der Waals surface area contributed by atoms with Gasteiger partial charge in [-0.1, -0.05) is 0 Å². The van der Waals surface area contributed by atoms with Crippen LogP contribution in [0.15, 0.2) is 25.4 Å². The largest absolute Gasteiger partial charge is 0.451 e. The molecule has 2 aromatic rings. The fourth-order valence-corrected chi connectivity index (χ4v) is 4.71. The highest BCUT2D eigenvalue weighted by Crippen LogP contribution is 2.29. The quantitative estimate of drug-likeness (QED) is 0.790. The standard InChI is InChI=1S/C12H14BrN3O3S2/c1-7-6-20-12(15-7)16-21(17,18)10-4-9(19-11(10)13)5-14-8-2-3-8/h4,6,8,14H,2-3,5H2,1H3,(H,15,16). The summed E-state index contributed by atoms with van der Waals surface area (Å²) in [6, 6.07) is 2.06. The molecule has 0 aromatic carbocycles. The number of thiazole rings is 1. The minimum atomic E-state index is -3.70. The van der Waals surface area contributed by atoms with Crippen molar-refractivity contribution < 1.29 is 12.8 Å². The average molecular weight is 392 g/mol. The molecule has 2 heterocycles. The average Bonchev–Trinajstić information content (AvgIpc) is 3.03. The van der Waals surface area contributed by atoms with Crippen LogP contribution < -0.4 is 10.0 Å². The van der Waals surface area contributed by atoms with Crippen molar-refractivity contribution in [1.29, 1.82) is 0 Å². The van der Waals surface area contributed by atoms with Crippen LogP contribution in [0.5, 0.6) is 0 Å². The number of aromatic nitrogens is 1. The van der Waals surface area contributed by atoms with Gasteiger partial charge in [0.2, 0.25) is 0 Å². The number of anilines is 1. The highest BCUT2D eigenvalue weighted by Gasteiger charge is 2.25. The Kier molecular flexibility index (Phi) is 4.08. The maximum absolute atomic E-state index is 12.3. The van der Waals surface area contributed by atoms with Crippen LogP contribution in [0.4, 0.5) is 5.13 Å². The van der Waals surface area contributed by atoms with E-state index in [1.807, 2.05) is 6.92 Å². The summed E-state index contributed by atoms with van der Waals surface area (Å²) in [7, 11) is -3.70. The van der Waals surface area contributed by atoms with E-state index in [0.29, 0.717) is 23.5 Å². The fourth-order valence-electron chi connectivity index (χ4n) is 1.77. The number of aryl methyl sites for hydroxylation is 1. The minimum absolute atomic E-state index is 0.0861. The summed E-state index contributed by atoms with van der Waals surface area (Å²) in [5.41, 5.74) is 0.776. The van der Waals surface area contributed by atoms with E-state index in [9.17, 15) is 8.42 Å². The van der Waals surface area contributed by atoms with Crippen molar-refractivity contribution >= 4 is 42.4 Å². The van der Waals surface area contributed by atoms with Gasteiger partial charge >= 0.3 is 0 Å². The van der Waals surface area contributed by atoms with Crippen molar-refractivity contribution in [3.05, 3.63) is 27.6 Å². The summed E-state index contributed by atoms with van der Waals surface area (Å²) in [5, 5.41) is 5.41. The first-order valence-electron chi connectivity index (χ1n) is 6.40. The molecule has 0 aliphatic heterocycles. The summed E-state index contributed by atoms with van der Waals surface area (Å²) in [6.45, 7) is 2.33. The molecule has 0 unspecified atom stereocenters. The zero-order valence-electron chi connectivity index (χ0n) is 11.2. The third-order valence-corrected chi connectivity index (χ3v) is 6.18. The Hall–Kier alpha value is -0.900. The van der Waals surface area contributed by atoms with E-state index in [2.05, 4.69) is 31.0 Å². The molecular formula is C12H14BrN3O3S2. The van der Waals surface area contributed by atoms with Crippen LogP contribution in [0.25, 0.3) is 0 Å². The normalized spacial score (nSPS) is 15.3. The number of nitrogens with zero attached hydrogens (tertiary/aromatic N) is 1. The van der Waals surface area contributed by atoms with Gasteiger partial charge in [0, 0.05) is 17.5 Å². The van der Waals surface area contributed by atoms with Crippen molar-refractivity contribution in [2.24, 2.45) is 0 Å².